The molecule has 2 N–H and O–H groups in total. The molecule has 0 aliphatic carbocycles. The Kier molecular flexibility index (Phi) is 5.96. The van der Waals surface area contributed by atoms with Crippen LogP contribution in [0.3, 0.4) is 0 Å². The molecule has 136 valence electrons. The molecule has 0 saturated carbocycles. The second-order valence-electron chi connectivity index (χ2n) is 5.42. The summed E-state index contributed by atoms with van der Waals surface area (Å²) < 4.78 is 5.24. The van der Waals surface area contributed by atoms with Crippen molar-refractivity contribution in [3.05, 3.63) is 82.0 Å². The van der Waals surface area contributed by atoms with Crippen LogP contribution >= 0.6 is 11.3 Å². The fraction of sp³-hybridized carbons (Fsp3) is 0.0500. The van der Waals surface area contributed by atoms with Crippen LogP contribution in [0, 0.1) is 0 Å². The quantitative estimate of drug-likeness (QED) is 0.505. The van der Waals surface area contributed by atoms with Crippen molar-refractivity contribution in [2.45, 2.75) is 0 Å². The first kappa shape index (κ1) is 18.3. The lowest BCUT2D eigenvalue weighted by molar-refractivity contribution is 0.0956. The van der Waals surface area contributed by atoms with Crippen molar-refractivity contribution in [3.8, 4) is 5.75 Å². The second kappa shape index (κ2) is 8.77. The summed E-state index contributed by atoms with van der Waals surface area (Å²) in [6, 6.07) is 17.6. The largest absolute Gasteiger partial charge is 0.496 e. The lowest BCUT2D eigenvalue weighted by Crippen LogP contribution is -2.21. The summed E-state index contributed by atoms with van der Waals surface area (Å²) in [5.41, 5.74) is 3.95. The SMILES string of the molecule is COc1ccccc1/C=N/NC(=O)c1ccccc1NC(=O)c1cccs1. The van der Waals surface area contributed by atoms with Crippen LogP contribution in [-0.4, -0.2) is 25.1 Å². The van der Waals surface area contributed by atoms with E-state index in [0.717, 1.165) is 5.56 Å². The highest BCUT2D eigenvalue weighted by molar-refractivity contribution is 7.12. The maximum atomic E-state index is 12.5. The van der Waals surface area contributed by atoms with Gasteiger partial charge in [-0.1, -0.05) is 30.3 Å². The standard InChI is InChI=1S/C20H17N3O3S/c1-26-17-10-5-2-7-14(17)13-21-23-19(24)15-8-3-4-9-16(15)22-20(25)18-11-6-12-27-18/h2-13H,1H3,(H,22,25)(H,23,24)/b21-13+. The smallest absolute Gasteiger partial charge is 0.273 e. The van der Waals surface area contributed by atoms with Gasteiger partial charge in [-0.15, -0.1) is 11.3 Å². The Morgan fingerprint density at radius 3 is 2.56 bits per heavy atom. The fourth-order valence-electron chi connectivity index (χ4n) is 2.38. The number of anilines is 1. The average molecular weight is 379 g/mol. The van der Waals surface area contributed by atoms with Crippen LogP contribution in [0.2, 0.25) is 0 Å². The Morgan fingerprint density at radius 2 is 1.78 bits per heavy atom. The number of nitrogens with zero attached hydrogens (tertiary/aromatic N) is 1. The van der Waals surface area contributed by atoms with Crippen LogP contribution in [-0.2, 0) is 0 Å². The van der Waals surface area contributed by atoms with E-state index in [-0.39, 0.29) is 5.91 Å². The van der Waals surface area contributed by atoms with E-state index in [2.05, 4.69) is 15.8 Å². The van der Waals surface area contributed by atoms with E-state index in [1.807, 2.05) is 23.6 Å². The highest BCUT2D eigenvalue weighted by Gasteiger charge is 2.14. The Bertz CT molecular complexity index is 968. The topological polar surface area (TPSA) is 79.8 Å². The number of methoxy groups -OCH3 is 1. The summed E-state index contributed by atoms with van der Waals surface area (Å²) in [5.74, 6) is -0.0369. The number of hydrogen-bond acceptors (Lipinski definition) is 5. The molecule has 0 aliphatic heterocycles. The second-order valence-corrected chi connectivity index (χ2v) is 6.37. The molecule has 0 fully saturated rings. The Labute approximate surface area is 160 Å². The zero-order chi connectivity index (χ0) is 19.1. The first-order valence-electron chi connectivity index (χ1n) is 8.09. The van der Waals surface area contributed by atoms with Crippen molar-refractivity contribution in [2.24, 2.45) is 5.10 Å². The van der Waals surface area contributed by atoms with Gasteiger partial charge >= 0.3 is 0 Å². The summed E-state index contributed by atoms with van der Waals surface area (Å²) in [6.07, 6.45) is 1.50. The predicted octanol–water partition coefficient (Wildman–Crippen LogP) is 3.77. The average Bonchev–Trinajstić information content (AvgIpc) is 3.23. The summed E-state index contributed by atoms with van der Waals surface area (Å²) in [5, 5.41) is 8.56. The molecule has 0 saturated heterocycles. The molecule has 0 spiro atoms. The van der Waals surface area contributed by atoms with Gasteiger partial charge in [0.25, 0.3) is 11.8 Å². The molecule has 0 unspecified atom stereocenters. The molecule has 0 atom stereocenters. The number of rotatable bonds is 6. The van der Waals surface area contributed by atoms with Gasteiger partial charge in [-0.3, -0.25) is 9.59 Å². The number of carbonyl (C=O) groups excluding carboxylic acids is 2. The summed E-state index contributed by atoms with van der Waals surface area (Å²) in [7, 11) is 1.57. The number of benzene rings is 2. The third-order valence-electron chi connectivity index (χ3n) is 3.67. The van der Waals surface area contributed by atoms with Crippen molar-refractivity contribution in [1.82, 2.24) is 5.43 Å². The van der Waals surface area contributed by atoms with Crippen molar-refractivity contribution in [1.29, 1.82) is 0 Å². The van der Waals surface area contributed by atoms with E-state index in [1.54, 1.807) is 49.6 Å². The van der Waals surface area contributed by atoms with Crippen molar-refractivity contribution < 1.29 is 14.3 Å². The van der Waals surface area contributed by atoms with Gasteiger partial charge in [0.1, 0.15) is 5.75 Å². The van der Waals surface area contributed by atoms with E-state index in [0.29, 0.717) is 21.9 Å². The highest BCUT2D eigenvalue weighted by Crippen LogP contribution is 2.18. The van der Waals surface area contributed by atoms with Crippen LogP contribution in [0.15, 0.2) is 71.1 Å². The van der Waals surface area contributed by atoms with E-state index >= 15 is 0 Å². The van der Waals surface area contributed by atoms with Gasteiger partial charge in [0, 0.05) is 5.56 Å². The van der Waals surface area contributed by atoms with Crippen molar-refractivity contribution >= 4 is 35.1 Å². The summed E-state index contributed by atoms with van der Waals surface area (Å²) in [4.78, 5) is 25.3. The third kappa shape index (κ3) is 4.59. The molecule has 0 radical (unpaired) electrons. The van der Waals surface area contributed by atoms with Gasteiger partial charge in [0.05, 0.1) is 29.5 Å². The van der Waals surface area contributed by atoms with Crippen LogP contribution in [0.25, 0.3) is 0 Å². The molecule has 1 aromatic heterocycles. The zero-order valence-electron chi connectivity index (χ0n) is 14.5. The van der Waals surface area contributed by atoms with Gasteiger partial charge < -0.3 is 10.1 Å². The number of carbonyl (C=O) groups is 2. The van der Waals surface area contributed by atoms with E-state index in [9.17, 15) is 9.59 Å². The minimum absolute atomic E-state index is 0.261. The number of thiophene rings is 1. The minimum Gasteiger partial charge on any atom is -0.496 e. The number of hydrogen-bond donors (Lipinski definition) is 2. The molecule has 0 bridgehead atoms. The first-order valence-corrected chi connectivity index (χ1v) is 8.97. The third-order valence-corrected chi connectivity index (χ3v) is 4.54. The monoisotopic (exact) mass is 379 g/mol. The normalized spacial score (nSPS) is 10.6. The number of hydrazone groups is 1. The number of para-hydroxylation sites is 2. The summed E-state index contributed by atoms with van der Waals surface area (Å²) in [6.45, 7) is 0. The number of amides is 2. The molecule has 3 aromatic rings. The van der Waals surface area contributed by atoms with Crippen LogP contribution in [0.1, 0.15) is 25.6 Å². The van der Waals surface area contributed by atoms with Gasteiger partial charge in [0.2, 0.25) is 0 Å². The molecule has 3 rings (SSSR count). The van der Waals surface area contributed by atoms with E-state index < -0.39 is 5.91 Å². The van der Waals surface area contributed by atoms with Crippen molar-refractivity contribution in [3.63, 3.8) is 0 Å². The molecule has 7 heteroatoms. The van der Waals surface area contributed by atoms with Gasteiger partial charge in [-0.2, -0.15) is 5.10 Å². The Hall–Kier alpha value is -3.45. The lowest BCUT2D eigenvalue weighted by Gasteiger charge is -2.09. The summed E-state index contributed by atoms with van der Waals surface area (Å²) >= 11 is 1.33. The molecule has 2 aromatic carbocycles. The number of nitrogens with one attached hydrogen (secondary N) is 2. The van der Waals surface area contributed by atoms with Crippen LogP contribution in [0.5, 0.6) is 5.75 Å². The lowest BCUT2D eigenvalue weighted by atomic mass is 10.1. The molecule has 6 nitrogen and oxygen atoms in total. The van der Waals surface area contributed by atoms with E-state index in [4.69, 9.17) is 4.74 Å². The van der Waals surface area contributed by atoms with Crippen LogP contribution < -0.4 is 15.5 Å². The minimum atomic E-state index is -0.428. The predicted molar refractivity (Wildman–Crippen MR) is 107 cm³/mol. The molecule has 27 heavy (non-hydrogen) atoms. The molecule has 0 aliphatic rings. The first-order chi connectivity index (χ1) is 13.2. The maximum Gasteiger partial charge on any atom is 0.273 e. The zero-order valence-corrected chi connectivity index (χ0v) is 15.3. The van der Waals surface area contributed by atoms with Gasteiger partial charge in [-0.05, 0) is 35.7 Å². The molecule has 1 heterocycles. The van der Waals surface area contributed by atoms with Gasteiger partial charge in [0.15, 0.2) is 0 Å². The van der Waals surface area contributed by atoms with Crippen LogP contribution in [0.4, 0.5) is 5.69 Å². The highest BCUT2D eigenvalue weighted by atomic mass is 32.1. The molecular formula is C20H17N3O3S. The number of ether oxygens (including phenoxy) is 1. The fourth-order valence-corrected chi connectivity index (χ4v) is 2.99. The molecular weight excluding hydrogens is 362 g/mol. The Morgan fingerprint density at radius 1 is 1.00 bits per heavy atom. The van der Waals surface area contributed by atoms with E-state index in [1.165, 1.54) is 17.6 Å². The van der Waals surface area contributed by atoms with Crippen molar-refractivity contribution in [2.75, 3.05) is 12.4 Å². The maximum absolute atomic E-state index is 12.5. The Balaban J connectivity index is 1.72. The molecule has 2 amide bonds. The van der Waals surface area contributed by atoms with Gasteiger partial charge in [-0.25, -0.2) is 5.43 Å².